The maximum atomic E-state index is 4.31. The minimum atomic E-state index is 0.601. The van der Waals surface area contributed by atoms with Crippen molar-refractivity contribution in [2.45, 2.75) is 51.1 Å². The molecule has 0 spiro atoms. The van der Waals surface area contributed by atoms with E-state index >= 15 is 0 Å². The minimum absolute atomic E-state index is 0.601. The van der Waals surface area contributed by atoms with Crippen LogP contribution in [0, 0.1) is 18.8 Å². The van der Waals surface area contributed by atoms with E-state index in [1.165, 1.54) is 36.8 Å². The standard InChI is InChI=1S/C20H25N3/c1-14-21-11-15(12-22-14)13-23-20-18-10-6-5-9-17(18)19(20)16-7-3-2-4-8-16/h2-4,7-8,11-12,17-20,23H,5-6,9-10,13H2,1H3/t17-,18+,19-,20-/m0/s1. The van der Waals surface area contributed by atoms with Gasteiger partial charge in [-0.1, -0.05) is 43.2 Å². The molecule has 23 heavy (non-hydrogen) atoms. The second-order valence-electron chi connectivity index (χ2n) is 7.09. The van der Waals surface area contributed by atoms with Gasteiger partial charge >= 0.3 is 0 Å². The van der Waals surface area contributed by atoms with Crippen LogP contribution in [0.1, 0.15) is 48.6 Å². The van der Waals surface area contributed by atoms with E-state index in [0.29, 0.717) is 12.0 Å². The summed E-state index contributed by atoms with van der Waals surface area (Å²) in [6, 6.07) is 11.7. The van der Waals surface area contributed by atoms with Crippen molar-refractivity contribution in [3.05, 3.63) is 59.7 Å². The van der Waals surface area contributed by atoms with Crippen molar-refractivity contribution >= 4 is 0 Å². The number of nitrogens with one attached hydrogen (secondary N) is 1. The van der Waals surface area contributed by atoms with Gasteiger partial charge in [0.15, 0.2) is 0 Å². The van der Waals surface area contributed by atoms with Crippen molar-refractivity contribution in [3.63, 3.8) is 0 Å². The maximum Gasteiger partial charge on any atom is 0.125 e. The Morgan fingerprint density at radius 2 is 1.70 bits per heavy atom. The Bertz CT molecular complexity index is 638. The van der Waals surface area contributed by atoms with Gasteiger partial charge in [0, 0.05) is 36.5 Å². The fraction of sp³-hybridized carbons (Fsp3) is 0.500. The van der Waals surface area contributed by atoms with E-state index < -0.39 is 0 Å². The molecule has 3 heteroatoms. The lowest BCUT2D eigenvalue weighted by Crippen LogP contribution is -2.57. The molecule has 1 aromatic heterocycles. The Morgan fingerprint density at radius 3 is 2.43 bits per heavy atom. The normalized spacial score (nSPS) is 29.6. The van der Waals surface area contributed by atoms with Gasteiger partial charge in [-0.3, -0.25) is 0 Å². The van der Waals surface area contributed by atoms with E-state index in [0.717, 1.165) is 24.2 Å². The Balaban J connectivity index is 1.49. The summed E-state index contributed by atoms with van der Waals surface area (Å²) in [4.78, 5) is 8.62. The molecule has 0 saturated heterocycles. The quantitative estimate of drug-likeness (QED) is 0.932. The van der Waals surface area contributed by atoms with Gasteiger partial charge in [0.25, 0.3) is 0 Å². The lowest BCUT2D eigenvalue weighted by molar-refractivity contribution is 0.0254. The zero-order valence-electron chi connectivity index (χ0n) is 13.8. The molecule has 4 atom stereocenters. The van der Waals surface area contributed by atoms with Gasteiger partial charge in [-0.25, -0.2) is 9.97 Å². The number of rotatable bonds is 4. The maximum absolute atomic E-state index is 4.31. The Morgan fingerprint density at radius 1 is 1.00 bits per heavy atom. The highest BCUT2D eigenvalue weighted by Gasteiger charge is 2.50. The van der Waals surface area contributed by atoms with E-state index in [9.17, 15) is 0 Å². The number of hydrogen-bond donors (Lipinski definition) is 1. The fourth-order valence-electron chi connectivity index (χ4n) is 4.62. The first kappa shape index (κ1) is 14.8. The zero-order chi connectivity index (χ0) is 15.6. The van der Waals surface area contributed by atoms with Crippen molar-refractivity contribution in [1.29, 1.82) is 0 Å². The van der Waals surface area contributed by atoms with Crippen LogP contribution in [0.4, 0.5) is 0 Å². The first-order valence-corrected chi connectivity index (χ1v) is 8.89. The first-order valence-electron chi connectivity index (χ1n) is 8.89. The predicted octanol–water partition coefficient (Wildman–Crippen LogP) is 3.85. The van der Waals surface area contributed by atoms with E-state index in [-0.39, 0.29) is 0 Å². The molecule has 0 amide bonds. The Kier molecular flexibility index (Phi) is 4.13. The summed E-state index contributed by atoms with van der Waals surface area (Å²) in [5.41, 5.74) is 2.69. The third-order valence-corrected chi connectivity index (χ3v) is 5.75. The molecule has 2 saturated carbocycles. The van der Waals surface area contributed by atoms with Crippen molar-refractivity contribution < 1.29 is 0 Å². The van der Waals surface area contributed by atoms with Crippen LogP contribution in [-0.2, 0) is 6.54 Å². The van der Waals surface area contributed by atoms with Gasteiger partial charge in [0.05, 0.1) is 0 Å². The third-order valence-electron chi connectivity index (χ3n) is 5.75. The number of hydrogen-bond acceptors (Lipinski definition) is 3. The molecule has 2 aromatic rings. The van der Waals surface area contributed by atoms with Gasteiger partial charge in [-0.05, 0) is 37.2 Å². The van der Waals surface area contributed by atoms with Gasteiger partial charge in [0.2, 0.25) is 0 Å². The molecule has 1 aromatic carbocycles. The SMILES string of the molecule is Cc1ncc(CN[C@H]2[C@@H]3CCCC[C@@H]3[C@@H]2c2ccccc2)cn1. The zero-order valence-corrected chi connectivity index (χ0v) is 13.8. The summed E-state index contributed by atoms with van der Waals surface area (Å²) in [7, 11) is 0. The molecule has 3 nitrogen and oxygen atoms in total. The van der Waals surface area contributed by atoms with Crippen LogP contribution in [0.3, 0.4) is 0 Å². The van der Waals surface area contributed by atoms with E-state index in [1.807, 2.05) is 19.3 Å². The minimum Gasteiger partial charge on any atom is -0.309 e. The summed E-state index contributed by atoms with van der Waals surface area (Å²) in [5, 5.41) is 3.82. The van der Waals surface area contributed by atoms with E-state index in [2.05, 4.69) is 45.6 Å². The monoisotopic (exact) mass is 307 g/mol. The van der Waals surface area contributed by atoms with Crippen LogP contribution in [0.2, 0.25) is 0 Å². The molecule has 1 heterocycles. The molecule has 2 fully saturated rings. The van der Waals surface area contributed by atoms with E-state index in [4.69, 9.17) is 0 Å². The summed E-state index contributed by atoms with van der Waals surface area (Å²) in [5.74, 6) is 3.23. The number of benzene rings is 1. The van der Waals surface area contributed by atoms with Crippen LogP contribution in [-0.4, -0.2) is 16.0 Å². The molecular weight excluding hydrogens is 282 g/mol. The van der Waals surface area contributed by atoms with Gasteiger partial charge < -0.3 is 5.32 Å². The largest absolute Gasteiger partial charge is 0.309 e. The van der Waals surface area contributed by atoms with Gasteiger partial charge in [0.1, 0.15) is 5.82 Å². The van der Waals surface area contributed by atoms with Crippen LogP contribution >= 0.6 is 0 Å². The van der Waals surface area contributed by atoms with E-state index in [1.54, 1.807) is 0 Å². The molecular formula is C20H25N3. The molecule has 120 valence electrons. The Hall–Kier alpha value is -1.74. The van der Waals surface area contributed by atoms with Crippen molar-refractivity contribution in [1.82, 2.24) is 15.3 Å². The molecule has 0 bridgehead atoms. The highest BCUT2D eigenvalue weighted by molar-refractivity contribution is 5.28. The van der Waals surface area contributed by atoms with Crippen molar-refractivity contribution in [2.75, 3.05) is 0 Å². The molecule has 2 aliphatic rings. The van der Waals surface area contributed by atoms with Gasteiger partial charge in [-0.2, -0.15) is 0 Å². The topological polar surface area (TPSA) is 37.8 Å². The summed E-state index contributed by atoms with van der Waals surface area (Å²) < 4.78 is 0. The van der Waals surface area contributed by atoms with Gasteiger partial charge in [-0.15, -0.1) is 0 Å². The van der Waals surface area contributed by atoms with Crippen LogP contribution < -0.4 is 5.32 Å². The number of nitrogens with zero attached hydrogens (tertiary/aromatic N) is 2. The predicted molar refractivity (Wildman–Crippen MR) is 92.0 cm³/mol. The molecule has 2 aliphatic carbocycles. The molecule has 0 aliphatic heterocycles. The fourth-order valence-corrected chi connectivity index (χ4v) is 4.62. The summed E-state index contributed by atoms with van der Waals surface area (Å²) >= 11 is 0. The Labute approximate surface area is 138 Å². The average molecular weight is 307 g/mol. The second-order valence-corrected chi connectivity index (χ2v) is 7.09. The number of aryl methyl sites for hydroxylation is 1. The molecule has 0 radical (unpaired) electrons. The second kappa shape index (κ2) is 6.40. The van der Waals surface area contributed by atoms with Crippen molar-refractivity contribution in [3.8, 4) is 0 Å². The summed E-state index contributed by atoms with van der Waals surface area (Å²) in [6.45, 7) is 2.80. The molecule has 4 rings (SSSR count). The molecule has 0 unspecified atom stereocenters. The van der Waals surface area contributed by atoms with Crippen LogP contribution in [0.25, 0.3) is 0 Å². The highest BCUT2D eigenvalue weighted by Crippen LogP contribution is 2.54. The van der Waals surface area contributed by atoms with Crippen molar-refractivity contribution in [2.24, 2.45) is 11.8 Å². The highest BCUT2D eigenvalue weighted by atomic mass is 15.0. The van der Waals surface area contributed by atoms with Crippen LogP contribution in [0.15, 0.2) is 42.7 Å². The lowest BCUT2D eigenvalue weighted by Gasteiger charge is -2.55. The smallest absolute Gasteiger partial charge is 0.125 e. The number of fused-ring (bicyclic) bond motifs is 1. The van der Waals surface area contributed by atoms with Crippen LogP contribution in [0.5, 0.6) is 0 Å². The molecule has 1 N–H and O–H groups in total. The summed E-state index contributed by atoms with van der Waals surface area (Å²) in [6.07, 6.45) is 9.48. The first-order chi connectivity index (χ1) is 11.3. The number of aromatic nitrogens is 2. The lowest BCUT2D eigenvalue weighted by atomic mass is 9.53. The third kappa shape index (κ3) is 2.90. The average Bonchev–Trinajstić information content (AvgIpc) is 2.58.